The van der Waals surface area contributed by atoms with Crippen molar-refractivity contribution in [1.29, 1.82) is 0 Å². The fourth-order valence-corrected chi connectivity index (χ4v) is 3.23. The zero-order chi connectivity index (χ0) is 13.1. The van der Waals surface area contributed by atoms with Crippen LogP contribution in [0.3, 0.4) is 0 Å². The molecule has 0 bridgehead atoms. The van der Waals surface area contributed by atoms with E-state index < -0.39 is 0 Å². The van der Waals surface area contributed by atoms with Crippen molar-refractivity contribution in [3.8, 4) is 0 Å². The van der Waals surface area contributed by atoms with Gasteiger partial charge in [0.15, 0.2) is 0 Å². The summed E-state index contributed by atoms with van der Waals surface area (Å²) in [6.45, 7) is 6.99. The van der Waals surface area contributed by atoms with E-state index in [4.69, 9.17) is 0 Å². The standard InChI is InChI=1S/C17H26N2/c1-2-10-19(17-8-9-18-12-17)13-14-4-3-5-16(11-14)15-6-7-15/h3-5,11,15,17-18H,2,6-10,12-13H2,1H3. The van der Waals surface area contributed by atoms with Crippen LogP contribution in [-0.2, 0) is 6.54 Å². The van der Waals surface area contributed by atoms with Gasteiger partial charge in [-0.1, -0.05) is 31.2 Å². The van der Waals surface area contributed by atoms with Crippen LogP contribution in [0.2, 0.25) is 0 Å². The summed E-state index contributed by atoms with van der Waals surface area (Å²) >= 11 is 0. The molecule has 2 heteroatoms. The van der Waals surface area contributed by atoms with Crippen LogP contribution in [-0.4, -0.2) is 30.6 Å². The largest absolute Gasteiger partial charge is 0.315 e. The first-order valence-electron chi connectivity index (χ1n) is 7.90. The number of hydrogen-bond donors (Lipinski definition) is 1. The van der Waals surface area contributed by atoms with Gasteiger partial charge in [0.25, 0.3) is 0 Å². The molecule has 1 atom stereocenters. The van der Waals surface area contributed by atoms with E-state index in [0.717, 1.165) is 18.5 Å². The number of hydrogen-bond acceptors (Lipinski definition) is 2. The van der Waals surface area contributed by atoms with Crippen molar-refractivity contribution in [1.82, 2.24) is 10.2 Å². The molecule has 1 N–H and O–H groups in total. The molecule has 104 valence electrons. The van der Waals surface area contributed by atoms with Crippen LogP contribution in [0.25, 0.3) is 0 Å². The Bertz CT molecular complexity index is 405. The quantitative estimate of drug-likeness (QED) is 0.843. The van der Waals surface area contributed by atoms with E-state index in [-0.39, 0.29) is 0 Å². The molecule has 0 aromatic heterocycles. The van der Waals surface area contributed by atoms with Crippen molar-refractivity contribution >= 4 is 0 Å². The molecule has 2 fully saturated rings. The van der Waals surface area contributed by atoms with Gasteiger partial charge >= 0.3 is 0 Å². The molecule has 1 aromatic carbocycles. The second-order valence-corrected chi connectivity index (χ2v) is 6.14. The fourth-order valence-electron chi connectivity index (χ4n) is 3.23. The molecule has 1 aliphatic carbocycles. The first-order valence-corrected chi connectivity index (χ1v) is 7.90. The van der Waals surface area contributed by atoms with Gasteiger partial charge in [-0.05, 0) is 55.8 Å². The van der Waals surface area contributed by atoms with Crippen LogP contribution >= 0.6 is 0 Å². The minimum atomic E-state index is 0.740. The predicted molar refractivity (Wildman–Crippen MR) is 80.4 cm³/mol. The summed E-state index contributed by atoms with van der Waals surface area (Å²) in [6.07, 6.45) is 5.35. The minimum absolute atomic E-state index is 0.740. The van der Waals surface area contributed by atoms with Gasteiger partial charge in [-0.25, -0.2) is 0 Å². The van der Waals surface area contributed by atoms with E-state index in [1.807, 2.05) is 0 Å². The van der Waals surface area contributed by atoms with Gasteiger partial charge in [0.05, 0.1) is 0 Å². The van der Waals surface area contributed by atoms with Crippen LogP contribution in [0.1, 0.15) is 49.7 Å². The first kappa shape index (κ1) is 13.1. The third-order valence-corrected chi connectivity index (χ3v) is 4.45. The highest BCUT2D eigenvalue weighted by Gasteiger charge is 2.24. The molecule has 1 saturated carbocycles. The lowest BCUT2D eigenvalue weighted by molar-refractivity contribution is 0.199. The normalized spacial score (nSPS) is 23.2. The third-order valence-electron chi connectivity index (χ3n) is 4.45. The van der Waals surface area contributed by atoms with Gasteiger partial charge < -0.3 is 5.32 Å². The van der Waals surface area contributed by atoms with Crippen molar-refractivity contribution in [3.63, 3.8) is 0 Å². The highest BCUT2D eigenvalue weighted by molar-refractivity contribution is 5.29. The summed E-state index contributed by atoms with van der Waals surface area (Å²) < 4.78 is 0. The Labute approximate surface area is 117 Å². The van der Waals surface area contributed by atoms with Gasteiger partial charge in [-0.15, -0.1) is 0 Å². The molecule has 1 aliphatic heterocycles. The van der Waals surface area contributed by atoms with Crippen LogP contribution in [0, 0.1) is 0 Å². The summed E-state index contributed by atoms with van der Waals surface area (Å²) in [5.41, 5.74) is 3.07. The van der Waals surface area contributed by atoms with E-state index in [1.54, 1.807) is 5.56 Å². The molecule has 19 heavy (non-hydrogen) atoms. The molecule has 3 rings (SSSR count). The molecule has 0 radical (unpaired) electrons. The molecule has 2 aliphatic rings. The smallest absolute Gasteiger partial charge is 0.0237 e. The number of rotatable bonds is 6. The van der Waals surface area contributed by atoms with Crippen LogP contribution in [0.15, 0.2) is 24.3 Å². The lowest BCUT2D eigenvalue weighted by Crippen LogP contribution is -2.36. The van der Waals surface area contributed by atoms with Crippen molar-refractivity contribution in [2.75, 3.05) is 19.6 Å². The average Bonchev–Trinajstić information content (AvgIpc) is 3.14. The number of benzene rings is 1. The molecular weight excluding hydrogens is 232 g/mol. The third kappa shape index (κ3) is 3.37. The number of nitrogens with zero attached hydrogens (tertiary/aromatic N) is 1. The molecule has 1 unspecified atom stereocenters. The van der Waals surface area contributed by atoms with Crippen molar-refractivity contribution in [2.45, 2.75) is 51.1 Å². The van der Waals surface area contributed by atoms with Gasteiger partial charge in [-0.2, -0.15) is 0 Å². The van der Waals surface area contributed by atoms with Gasteiger partial charge in [0, 0.05) is 19.1 Å². The first-order chi connectivity index (χ1) is 9.36. The van der Waals surface area contributed by atoms with Crippen molar-refractivity contribution < 1.29 is 0 Å². The summed E-state index contributed by atoms with van der Waals surface area (Å²) in [5.74, 6) is 0.868. The van der Waals surface area contributed by atoms with Crippen molar-refractivity contribution in [3.05, 3.63) is 35.4 Å². The minimum Gasteiger partial charge on any atom is -0.315 e. The highest BCUT2D eigenvalue weighted by Crippen LogP contribution is 2.40. The Hall–Kier alpha value is -0.860. The zero-order valence-electron chi connectivity index (χ0n) is 12.1. The molecule has 1 heterocycles. The van der Waals surface area contributed by atoms with Crippen LogP contribution in [0.5, 0.6) is 0 Å². The molecule has 1 aromatic rings. The Kier molecular flexibility index (Phi) is 4.19. The maximum Gasteiger partial charge on any atom is 0.0237 e. The molecule has 2 nitrogen and oxygen atoms in total. The van der Waals surface area contributed by atoms with Gasteiger partial charge in [0.1, 0.15) is 0 Å². The Balaban J connectivity index is 1.67. The Morgan fingerprint density at radius 2 is 2.16 bits per heavy atom. The summed E-state index contributed by atoms with van der Waals surface area (Å²) in [4.78, 5) is 2.67. The summed E-state index contributed by atoms with van der Waals surface area (Å²) in [5, 5.41) is 3.49. The molecule has 0 amide bonds. The van der Waals surface area contributed by atoms with Crippen LogP contribution < -0.4 is 5.32 Å². The van der Waals surface area contributed by atoms with Gasteiger partial charge in [-0.3, -0.25) is 4.90 Å². The van der Waals surface area contributed by atoms with E-state index in [0.29, 0.717) is 0 Å². The van der Waals surface area contributed by atoms with E-state index in [1.165, 1.54) is 50.9 Å². The SMILES string of the molecule is CCCN(Cc1cccc(C2CC2)c1)C1CCNC1. The monoisotopic (exact) mass is 258 g/mol. The van der Waals surface area contributed by atoms with Gasteiger partial charge in [0.2, 0.25) is 0 Å². The highest BCUT2D eigenvalue weighted by atomic mass is 15.2. The fraction of sp³-hybridized carbons (Fsp3) is 0.647. The predicted octanol–water partition coefficient (Wildman–Crippen LogP) is 3.14. The summed E-state index contributed by atoms with van der Waals surface area (Å²) in [7, 11) is 0. The molecular formula is C17H26N2. The van der Waals surface area contributed by atoms with E-state index >= 15 is 0 Å². The Morgan fingerprint density at radius 1 is 1.26 bits per heavy atom. The lowest BCUT2D eigenvalue weighted by Gasteiger charge is -2.28. The topological polar surface area (TPSA) is 15.3 Å². The lowest BCUT2D eigenvalue weighted by atomic mass is 10.1. The Morgan fingerprint density at radius 3 is 2.84 bits per heavy atom. The number of nitrogens with one attached hydrogen (secondary N) is 1. The van der Waals surface area contributed by atoms with Crippen LogP contribution in [0.4, 0.5) is 0 Å². The van der Waals surface area contributed by atoms with E-state index in [2.05, 4.69) is 41.4 Å². The second-order valence-electron chi connectivity index (χ2n) is 6.14. The maximum absolute atomic E-state index is 3.49. The van der Waals surface area contributed by atoms with E-state index in [9.17, 15) is 0 Å². The molecule has 1 saturated heterocycles. The molecule has 0 spiro atoms. The summed E-state index contributed by atoms with van der Waals surface area (Å²) in [6, 6.07) is 10.0. The second kappa shape index (κ2) is 6.06. The average molecular weight is 258 g/mol. The van der Waals surface area contributed by atoms with Crippen molar-refractivity contribution in [2.24, 2.45) is 0 Å². The maximum atomic E-state index is 3.49. The zero-order valence-corrected chi connectivity index (χ0v) is 12.1.